The molecule has 0 unspecified atom stereocenters. The van der Waals surface area contributed by atoms with E-state index >= 15 is 0 Å². The molecular formula is C17H15ClFNO. The molecule has 2 aromatic carbocycles. The van der Waals surface area contributed by atoms with Crippen LogP contribution in [0.2, 0.25) is 5.02 Å². The van der Waals surface area contributed by atoms with Gasteiger partial charge in [-0.1, -0.05) is 35.9 Å². The van der Waals surface area contributed by atoms with Crippen molar-refractivity contribution in [3.63, 3.8) is 0 Å². The average Bonchev–Trinajstić information content (AvgIpc) is 2.50. The molecule has 0 saturated carbocycles. The highest BCUT2D eigenvalue weighted by atomic mass is 35.5. The fourth-order valence-electron chi connectivity index (χ4n) is 2.75. The lowest BCUT2D eigenvalue weighted by molar-refractivity contribution is 0.0990. The van der Waals surface area contributed by atoms with Crippen molar-refractivity contribution < 1.29 is 9.18 Å². The van der Waals surface area contributed by atoms with E-state index in [0.29, 0.717) is 10.6 Å². The molecule has 0 saturated heterocycles. The van der Waals surface area contributed by atoms with Gasteiger partial charge >= 0.3 is 0 Å². The fraction of sp³-hybridized carbons (Fsp3) is 0.235. The van der Waals surface area contributed by atoms with Crippen molar-refractivity contribution in [1.29, 1.82) is 0 Å². The Morgan fingerprint density at radius 3 is 2.86 bits per heavy atom. The second-order valence-electron chi connectivity index (χ2n) is 5.17. The van der Waals surface area contributed by atoms with Gasteiger partial charge in [-0.25, -0.2) is 4.39 Å². The highest BCUT2D eigenvalue weighted by Gasteiger charge is 2.19. The number of nitrogens with one attached hydrogen (secondary N) is 1. The molecule has 108 valence electrons. The molecule has 3 rings (SSSR count). The predicted molar refractivity (Wildman–Crippen MR) is 81.3 cm³/mol. The molecule has 0 fully saturated rings. The third kappa shape index (κ3) is 2.85. The van der Waals surface area contributed by atoms with Crippen molar-refractivity contribution in [2.45, 2.75) is 19.4 Å². The lowest BCUT2D eigenvalue weighted by Crippen LogP contribution is -2.25. The summed E-state index contributed by atoms with van der Waals surface area (Å²) >= 11 is 6.00. The van der Waals surface area contributed by atoms with Crippen LogP contribution in [0.1, 0.15) is 27.0 Å². The van der Waals surface area contributed by atoms with E-state index in [-0.39, 0.29) is 17.8 Å². The number of ketones is 1. The van der Waals surface area contributed by atoms with Crippen molar-refractivity contribution in [3.8, 4) is 0 Å². The zero-order chi connectivity index (χ0) is 14.8. The molecule has 0 bridgehead atoms. The zero-order valence-electron chi connectivity index (χ0n) is 11.5. The lowest BCUT2D eigenvalue weighted by Gasteiger charge is -2.19. The summed E-state index contributed by atoms with van der Waals surface area (Å²) in [6.07, 6.45) is 0.817. The summed E-state index contributed by atoms with van der Waals surface area (Å²) in [6, 6.07) is 10.2. The summed E-state index contributed by atoms with van der Waals surface area (Å²) in [5, 5.41) is 3.58. The molecule has 0 spiro atoms. The molecule has 1 N–H and O–H groups in total. The van der Waals surface area contributed by atoms with E-state index in [1.54, 1.807) is 12.1 Å². The number of hydrogen-bond donors (Lipinski definition) is 1. The van der Waals surface area contributed by atoms with Crippen LogP contribution in [0.25, 0.3) is 0 Å². The van der Waals surface area contributed by atoms with E-state index in [0.717, 1.165) is 30.6 Å². The normalized spacial score (nSPS) is 13.8. The number of Topliss-reactive ketones (excluding diaryl/α,β-unsaturated/α-hetero) is 1. The predicted octanol–water partition coefficient (Wildman–Crippen LogP) is 3.55. The van der Waals surface area contributed by atoms with E-state index in [1.165, 1.54) is 6.07 Å². The van der Waals surface area contributed by atoms with Gasteiger partial charge in [0.15, 0.2) is 5.78 Å². The van der Waals surface area contributed by atoms with Crippen molar-refractivity contribution >= 4 is 17.4 Å². The first-order valence-corrected chi connectivity index (χ1v) is 7.32. The van der Waals surface area contributed by atoms with Crippen LogP contribution in [0.15, 0.2) is 36.4 Å². The fourth-order valence-corrected chi connectivity index (χ4v) is 2.98. The second-order valence-corrected chi connectivity index (χ2v) is 5.58. The topological polar surface area (TPSA) is 29.1 Å². The molecule has 0 radical (unpaired) electrons. The number of rotatable bonds is 3. The molecule has 21 heavy (non-hydrogen) atoms. The van der Waals surface area contributed by atoms with Crippen molar-refractivity contribution in [3.05, 3.63) is 69.5 Å². The minimum Gasteiger partial charge on any atom is -0.312 e. The first-order valence-electron chi connectivity index (χ1n) is 6.94. The van der Waals surface area contributed by atoms with Crippen molar-refractivity contribution in [1.82, 2.24) is 5.32 Å². The number of carbonyl (C=O) groups is 1. The second kappa shape index (κ2) is 5.96. The number of hydrogen-bond acceptors (Lipinski definition) is 2. The van der Waals surface area contributed by atoms with Gasteiger partial charge in [0.25, 0.3) is 0 Å². The molecule has 0 aromatic heterocycles. The van der Waals surface area contributed by atoms with Crippen LogP contribution < -0.4 is 5.32 Å². The molecule has 1 aliphatic rings. The Morgan fingerprint density at radius 1 is 1.24 bits per heavy atom. The number of fused-ring (bicyclic) bond motifs is 1. The average molecular weight is 304 g/mol. The quantitative estimate of drug-likeness (QED) is 0.879. The van der Waals surface area contributed by atoms with Gasteiger partial charge in [-0.2, -0.15) is 0 Å². The van der Waals surface area contributed by atoms with Gasteiger partial charge in [0.2, 0.25) is 0 Å². The first-order chi connectivity index (χ1) is 10.2. The molecule has 0 atom stereocenters. The van der Waals surface area contributed by atoms with Gasteiger partial charge in [0.05, 0.1) is 0 Å². The minimum absolute atomic E-state index is 0.00457. The standard InChI is InChI=1S/C17H15ClFNO/c18-15-5-2-6-16(19)14(15)9-17(21)13-4-1-3-11-10-20-8-7-12(11)13/h1-6,20H,7-10H2. The summed E-state index contributed by atoms with van der Waals surface area (Å²) in [4.78, 5) is 12.5. The summed E-state index contributed by atoms with van der Waals surface area (Å²) in [7, 11) is 0. The van der Waals surface area contributed by atoms with Crippen LogP contribution in [0, 0.1) is 5.82 Å². The highest BCUT2D eigenvalue weighted by molar-refractivity contribution is 6.31. The molecule has 0 amide bonds. The monoisotopic (exact) mass is 303 g/mol. The van der Waals surface area contributed by atoms with Crippen LogP contribution in [-0.2, 0) is 19.4 Å². The Morgan fingerprint density at radius 2 is 2.05 bits per heavy atom. The van der Waals surface area contributed by atoms with Crippen molar-refractivity contribution in [2.24, 2.45) is 0 Å². The molecule has 2 aromatic rings. The summed E-state index contributed by atoms with van der Waals surface area (Å²) in [5.41, 5.74) is 3.18. The van der Waals surface area contributed by atoms with Gasteiger partial charge in [-0.3, -0.25) is 4.79 Å². The van der Waals surface area contributed by atoms with Crippen LogP contribution >= 0.6 is 11.6 Å². The van der Waals surface area contributed by atoms with Gasteiger partial charge in [-0.05, 0) is 36.2 Å². The smallest absolute Gasteiger partial charge is 0.167 e. The number of halogens is 2. The van der Waals surface area contributed by atoms with Crippen LogP contribution in [0.3, 0.4) is 0 Å². The lowest BCUT2D eigenvalue weighted by atomic mass is 9.91. The Bertz CT molecular complexity index is 679. The van der Waals surface area contributed by atoms with E-state index in [4.69, 9.17) is 11.6 Å². The minimum atomic E-state index is -0.428. The van der Waals surface area contributed by atoms with Gasteiger partial charge in [-0.15, -0.1) is 0 Å². The Balaban J connectivity index is 1.93. The van der Waals surface area contributed by atoms with E-state index < -0.39 is 5.82 Å². The van der Waals surface area contributed by atoms with Gasteiger partial charge < -0.3 is 5.32 Å². The summed E-state index contributed by atoms with van der Waals surface area (Å²) < 4.78 is 13.8. The number of benzene rings is 2. The molecular weight excluding hydrogens is 289 g/mol. The number of carbonyl (C=O) groups excluding carboxylic acids is 1. The largest absolute Gasteiger partial charge is 0.312 e. The van der Waals surface area contributed by atoms with E-state index in [9.17, 15) is 9.18 Å². The van der Waals surface area contributed by atoms with E-state index in [2.05, 4.69) is 5.32 Å². The zero-order valence-corrected chi connectivity index (χ0v) is 12.2. The molecule has 1 aliphatic heterocycles. The Kier molecular flexibility index (Phi) is 4.04. The van der Waals surface area contributed by atoms with Crippen LogP contribution in [0.5, 0.6) is 0 Å². The maximum atomic E-state index is 13.8. The van der Waals surface area contributed by atoms with Gasteiger partial charge in [0, 0.05) is 29.1 Å². The Labute approximate surface area is 127 Å². The molecule has 2 nitrogen and oxygen atoms in total. The summed E-state index contributed by atoms with van der Waals surface area (Å²) in [5.74, 6) is -0.511. The Hall–Kier alpha value is -1.71. The van der Waals surface area contributed by atoms with Gasteiger partial charge in [0.1, 0.15) is 5.82 Å². The maximum Gasteiger partial charge on any atom is 0.167 e. The molecule has 0 aliphatic carbocycles. The molecule has 1 heterocycles. The highest BCUT2D eigenvalue weighted by Crippen LogP contribution is 2.24. The first kappa shape index (κ1) is 14.2. The maximum absolute atomic E-state index is 13.8. The van der Waals surface area contributed by atoms with Crippen molar-refractivity contribution in [2.75, 3.05) is 6.54 Å². The third-order valence-electron chi connectivity index (χ3n) is 3.84. The van der Waals surface area contributed by atoms with E-state index in [1.807, 2.05) is 18.2 Å². The van der Waals surface area contributed by atoms with Crippen LogP contribution in [0.4, 0.5) is 4.39 Å². The third-order valence-corrected chi connectivity index (χ3v) is 4.19. The summed E-state index contributed by atoms with van der Waals surface area (Å²) in [6.45, 7) is 1.63. The SMILES string of the molecule is O=C(Cc1c(F)cccc1Cl)c1cccc2c1CCNC2. The molecule has 4 heteroatoms. The van der Waals surface area contributed by atoms with Crippen LogP contribution in [-0.4, -0.2) is 12.3 Å².